The zero-order valence-corrected chi connectivity index (χ0v) is 17.5. The van der Waals surface area contributed by atoms with Gasteiger partial charge in [0.1, 0.15) is 5.75 Å². The molecule has 0 unspecified atom stereocenters. The Bertz CT molecular complexity index is 855. The summed E-state index contributed by atoms with van der Waals surface area (Å²) in [4.78, 5) is 8.59. The molecule has 0 amide bonds. The summed E-state index contributed by atoms with van der Waals surface area (Å²) in [5.74, 6) is 1.35. The Morgan fingerprint density at radius 2 is 1.85 bits per heavy atom. The first-order chi connectivity index (χ1) is 12.8. The number of ether oxygens (including phenoxy) is 1. The van der Waals surface area contributed by atoms with E-state index in [1.54, 1.807) is 6.20 Å². The smallest absolute Gasteiger partial charge is 0.188 e. The van der Waals surface area contributed by atoms with Crippen LogP contribution in [0.1, 0.15) is 12.1 Å². The summed E-state index contributed by atoms with van der Waals surface area (Å²) in [5, 5.41) is 5.51. The van der Waals surface area contributed by atoms with E-state index in [0.29, 0.717) is 19.1 Å². The minimum absolute atomic E-state index is 0. The van der Waals surface area contributed by atoms with Gasteiger partial charge in [-0.1, -0.05) is 36.4 Å². The quantitative estimate of drug-likeness (QED) is 0.225. The van der Waals surface area contributed by atoms with Crippen molar-refractivity contribution in [3.8, 4) is 5.75 Å². The second-order valence-corrected chi connectivity index (χ2v) is 5.98. The Balaban J connectivity index is 0.00000261. The van der Waals surface area contributed by atoms with Crippen LogP contribution < -0.4 is 15.8 Å². The van der Waals surface area contributed by atoms with Crippen LogP contribution in [0, 0.1) is 0 Å². The number of halogens is 1. The highest BCUT2D eigenvalue weighted by Crippen LogP contribution is 2.20. The molecule has 0 aliphatic heterocycles. The minimum Gasteiger partial charge on any atom is -0.494 e. The number of aromatic nitrogens is 1. The first kappa shape index (κ1) is 21.0. The zero-order valence-electron chi connectivity index (χ0n) is 15.2. The van der Waals surface area contributed by atoms with E-state index in [4.69, 9.17) is 10.5 Å². The van der Waals surface area contributed by atoms with Gasteiger partial charge in [-0.2, -0.15) is 0 Å². The molecule has 0 aliphatic carbocycles. The summed E-state index contributed by atoms with van der Waals surface area (Å²) in [6.45, 7) is 1.97. The molecule has 0 fully saturated rings. The molecule has 0 atom stereocenters. The van der Waals surface area contributed by atoms with Crippen LogP contribution in [0.3, 0.4) is 0 Å². The number of hydrogen-bond acceptors (Lipinski definition) is 3. The maximum Gasteiger partial charge on any atom is 0.188 e. The van der Waals surface area contributed by atoms with E-state index in [9.17, 15) is 0 Å². The molecule has 0 saturated carbocycles. The molecule has 1 aromatic heterocycles. The average Bonchev–Trinajstić information content (AvgIpc) is 2.68. The fourth-order valence-corrected chi connectivity index (χ4v) is 2.63. The SMILES string of the molecule is I.NC(=NCCCOc1ccc2ccccc2c1)NCCc1ccccn1. The molecule has 0 aliphatic rings. The molecule has 27 heavy (non-hydrogen) atoms. The third-order valence-electron chi connectivity index (χ3n) is 3.99. The number of nitrogens with two attached hydrogens (primary N) is 1. The van der Waals surface area contributed by atoms with Crippen LogP contribution in [0.2, 0.25) is 0 Å². The molecule has 6 heteroatoms. The topological polar surface area (TPSA) is 72.5 Å². The Morgan fingerprint density at radius 1 is 1.04 bits per heavy atom. The number of nitrogens with zero attached hydrogens (tertiary/aromatic N) is 2. The molecule has 3 N–H and O–H groups in total. The first-order valence-electron chi connectivity index (χ1n) is 8.86. The van der Waals surface area contributed by atoms with Crippen molar-refractivity contribution in [2.75, 3.05) is 19.7 Å². The van der Waals surface area contributed by atoms with Gasteiger partial charge in [0, 0.05) is 37.8 Å². The second-order valence-electron chi connectivity index (χ2n) is 5.98. The van der Waals surface area contributed by atoms with Gasteiger partial charge in [0.2, 0.25) is 0 Å². The molecule has 0 saturated heterocycles. The standard InChI is InChI=1S/C21H24N4O.HI/c22-21(25-14-11-19-8-3-4-12-23-19)24-13-5-15-26-20-10-9-17-6-1-2-7-18(17)16-20;/h1-4,6-10,12,16H,5,11,13-15H2,(H3,22,24,25);1H. The third kappa shape index (κ3) is 7.05. The van der Waals surface area contributed by atoms with Crippen LogP contribution in [0.5, 0.6) is 5.75 Å². The number of fused-ring (bicyclic) bond motifs is 1. The maximum atomic E-state index is 5.87. The van der Waals surface area contributed by atoms with Crippen LogP contribution in [0.4, 0.5) is 0 Å². The average molecular weight is 476 g/mol. The lowest BCUT2D eigenvalue weighted by Crippen LogP contribution is -2.33. The van der Waals surface area contributed by atoms with Crippen LogP contribution in [0.25, 0.3) is 10.8 Å². The number of rotatable bonds is 8. The Morgan fingerprint density at radius 3 is 2.67 bits per heavy atom. The number of pyridine rings is 1. The predicted molar refractivity (Wildman–Crippen MR) is 122 cm³/mol. The molecule has 0 spiro atoms. The Hall–Kier alpha value is -2.35. The highest BCUT2D eigenvalue weighted by atomic mass is 127. The van der Waals surface area contributed by atoms with Gasteiger partial charge in [0.25, 0.3) is 0 Å². The van der Waals surface area contributed by atoms with Crippen LogP contribution in [-0.4, -0.2) is 30.6 Å². The molecular formula is C21H25IN4O. The van der Waals surface area contributed by atoms with Gasteiger partial charge in [0.15, 0.2) is 5.96 Å². The van der Waals surface area contributed by atoms with Gasteiger partial charge in [-0.15, -0.1) is 24.0 Å². The maximum absolute atomic E-state index is 5.87. The fraction of sp³-hybridized carbons (Fsp3) is 0.238. The predicted octanol–water partition coefficient (Wildman–Crippen LogP) is 3.77. The van der Waals surface area contributed by atoms with Crippen LogP contribution in [-0.2, 0) is 6.42 Å². The summed E-state index contributed by atoms with van der Waals surface area (Å²) < 4.78 is 5.80. The van der Waals surface area contributed by atoms with Gasteiger partial charge in [-0.25, -0.2) is 0 Å². The molecule has 1 heterocycles. The number of aliphatic imine (C=N–C) groups is 1. The van der Waals surface area contributed by atoms with E-state index in [2.05, 4.69) is 39.6 Å². The first-order valence-corrected chi connectivity index (χ1v) is 8.86. The Kier molecular flexibility index (Phi) is 8.83. The van der Waals surface area contributed by atoms with Gasteiger partial charge < -0.3 is 15.8 Å². The van der Waals surface area contributed by atoms with E-state index < -0.39 is 0 Å². The number of hydrogen-bond donors (Lipinski definition) is 2. The van der Waals surface area contributed by atoms with E-state index >= 15 is 0 Å². The van der Waals surface area contributed by atoms with Crippen molar-refractivity contribution in [1.29, 1.82) is 0 Å². The highest BCUT2D eigenvalue weighted by molar-refractivity contribution is 14.0. The van der Waals surface area contributed by atoms with Crippen LogP contribution >= 0.6 is 24.0 Å². The van der Waals surface area contributed by atoms with Crippen molar-refractivity contribution in [3.05, 3.63) is 72.6 Å². The summed E-state index contributed by atoms with van der Waals surface area (Å²) in [6.07, 6.45) is 3.43. The fourth-order valence-electron chi connectivity index (χ4n) is 2.63. The van der Waals surface area contributed by atoms with Crippen molar-refractivity contribution in [3.63, 3.8) is 0 Å². The van der Waals surface area contributed by atoms with E-state index in [1.807, 2.05) is 36.4 Å². The van der Waals surface area contributed by atoms with E-state index in [1.165, 1.54) is 10.8 Å². The van der Waals surface area contributed by atoms with Crippen molar-refractivity contribution < 1.29 is 4.74 Å². The molecule has 0 bridgehead atoms. The number of nitrogens with one attached hydrogen (secondary N) is 1. The highest BCUT2D eigenvalue weighted by Gasteiger charge is 1.98. The van der Waals surface area contributed by atoms with Crippen LogP contribution in [0.15, 0.2) is 71.9 Å². The summed E-state index contributed by atoms with van der Waals surface area (Å²) in [6, 6.07) is 20.3. The molecule has 3 aromatic rings. The summed E-state index contributed by atoms with van der Waals surface area (Å²) in [5.41, 5.74) is 6.91. The summed E-state index contributed by atoms with van der Waals surface area (Å²) in [7, 11) is 0. The number of guanidine groups is 1. The second kappa shape index (κ2) is 11.4. The van der Waals surface area contributed by atoms with Gasteiger partial charge in [-0.05, 0) is 35.0 Å². The normalized spacial score (nSPS) is 11.0. The molecular weight excluding hydrogens is 451 g/mol. The van der Waals surface area contributed by atoms with E-state index in [0.717, 1.165) is 30.8 Å². The van der Waals surface area contributed by atoms with E-state index in [-0.39, 0.29) is 24.0 Å². The third-order valence-corrected chi connectivity index (χ3v) is 3.99. The van der Waals surface area contributed by atoms with Crippen molar-refractivity contribution in [1.82, 2.24) is 10.3 Å². The summed E-state index contributed by atoms with van der Waals surface area (Å²) >= 11 is 0. The lowest BCUT2D eigenvalue weighted by atomic mass is 10.1. The lowest BCUT2D eigenvalue weighted by Gasteiger charge is -2.07. The minimum atomic E-state index is 0. The van der Waals surface area contributed by atoms with Gasteiger partial charge >= 0.3 is 0 Å². The molecule has 142 valence electrons. The molecule has 3 rings (SSSR count). The largest absolute Gasteiger partial charge is 0.494 e. The lowest BCUT2D eigenvalue weighted by molar-refractivity contribution is 0.314. The zero-order chi connectivity index (χ0) is 18.0. The van der Waals surface area contributed by atoms with Crippen molar-refractivity contribution >= 4 is 40.7 Å². The van der Waals surface area contributed by atoms with Gasteiger partial charge in [0.05, 0.1) is 6.61 Å². The van der Waals surface area contributed by atoms with Crippen molar-refractivity contribution in [2.24, 2.45) is 10.7 Å². The van der Waals surface area contributed by atoms with Gasteiger partial charge in [-0.3, -0.25) is 9.98 Å². The Labute approximate surface area is 177 Å². The molecule has 0 radical (unpaired) electrons. The molecule has 5 nitrogen and oxygen atoms in total. The number of benzene rings is 2. The monoisotopic (exact) mass is 476 g/mol. The molecule has 2 aromatic carbocycles. The van der Waals surface area contributed by atoms with Crippen molar-refractivity contribution in [2.45, 2.75) is 12.8 Å².